The molecule has 2 heterocycles. The molecule has 0 saturated carbocycles. The van der Waals surface area contributed by atoms with Crippen molar-refractivity contribution >= 4 is 23.5 Å². The molecule has 2 aromatic carbocycles. The SMILES string of the molecule is Cc1nn(-c2ccccc2)c2c1[C@H](c1ccccc1C(F)(F)F)SCC(=O)N2. The van der Waals surface area contributed by atoms with Crippen LogP contribution in [-0.4, -0.2) is 21.4 Å². The predicted octanol–water partition coefficient (Wildman–Crippen LogP) is 4.97. The lowest BCUT2D eigenvalue weighted by atomic mass is 9.98. The van der Waals surface area contributed by atoms with E-state index < -0.39 is 17.0 Å². The summed E-state index contributed by atoms with van der Waals surface area (Å²) in [5, 5.41) is 6.68. The molecule has 0 bridgehead atoms. The summed E-state index contributed by atoms with van der Waals surface area (Å²) >= 11 is 1.18. The van der Waals surface area contributed by atoms with E-state index in [9.17, 15) is 18.0 Å². The van der Waals surface area contributed by atoms with Gasteiger partial charge in [-0.1, -0.05) is 36.4 Å². The monoisotopic (exact) mass is 403 g/mol. The minimum absolute atomic E-state index is 0.0553. The van der Waals surface area contributed by atoms with Gasteiger partial charge < -0.3 is 5.32 Å². The van der Waals surface area contributed by atoms with Crippen LogP contribution in [0.3, 0.4) is 0 Å². The van der Waals surface area contributed by atoms with Crippen molar-refractivity contribution in [2.45, 2.75) is 18.3 Å². The van der Waals surface area contributed by atoms with Crippen LogP contribution in [0.5, 0.6) is 0 Å². The van der Waals surface area contributed by atoms with Crippen LogP contribution in [0, 0.1) is 6.92 Å². The first kappa shape index (κ1) is 18.6. The molecule has 1 atom stereocenters. The van der Waals surface area contributed by atoms with Gasteiger partial charge in [0.15, 0.2) is 0 Å². The maximum atomic E-state index is 13.6. The Balaban J connectivity index is 1.93. The van der Waals surface area contributed by atoms with Gasteiger partial charge in [-0.3, -0.25) is 4.79 Å². The zero-order valence-electron chi connectivity index (χ0n) is 14.8. The van der Waals surface area contributed by atoms with Crippen molar-refractivity contribution in [1.29, 1.82) is 0 Å². The molecule has 0 unspecified atom stereocenters. The summed E-state index contributed by atoms with van der Waals surface area (Å²) in [5.41, 5.74) is 1.34. The van der Waals surface area contributed by atoms with Crippen molar-refractivity contribution in [2.75, 3.05) is 11.1 Å². The van der Waals surface area contributed by atoms with Crippen molar-refractivity contribution in [2.24, 2.45) is 0 Å². The average Bonchev–Trinajstić information content (AvgIpc) is 2.88. The summed E-state index contributed by atoms with van der Waals surface area (Å²) in [7, 11) is 0. The molecule has 1 aliphatic rings. The summed E-state index contributed by atoms with van der Waals surface area (Å²) in [6.45, 7) is 1.75. The number of para-hydroxylation sites is 1. The first-order chi connectivity index (χ1) is 13.4. The number of nitrogens with zero attached hydrogens (tertiary/aromatic N) is 2. The van der Waals surface area contributed by atoms with Crippen LogP contribution in [0.2, 0.25) is 0 Å². The molecule has 0 fully saturated rings. The number of rotatable bonds is 2. The number of aryl methyl sites for hydroxylation is 1. The zero-order chi connectivity index (χ0) is 19.9. The van der Waals surface area contributed by atoms with E-state index in [1.807, 2.05) is 30.3 Å². The number of halogens is 3. The summed E-state index contributed by atoms with van der Waals surface area (Å²) in [6.07, 6.45) is -4.48. The fourth-order valence-electron chi connectivity index (χ4n) is 3.37. The molecule has 4 rings (SSSR count). The number of carbonyl (C=O) groups excluding carboxylic acids is 1. The summed E-state index contributed by atoms with van der Waals surface area (Å²) in [5.74, 6) is 0.204. The number of aromatic nitrogens is 2. The standard InChI is InChI=1S/C20H16F3N3OS/c1-12-17-18(14-9-5-6-10-15(14)20(21,22)23)28-11-16(27)24-19(17)26(25-12)13-7-3-2-4-8-13/h2-10,18H,11H2,1H3,(H,24,27)/t18-/m0/s1. The van der Waals surface area contributed by atoms with Crippen LogP contribution >= 0.6 is 11.8 Å². The van der Waals surface area contributed by atoms with Gasteiger partial charge in [0.25, 0.3) is 0 Å². The van der Waals surface area contributed by atoms with Crippen LogP contribution in [0.15, 0.2) is 54.6 Å². The van der Waals surface area contributed by atoms with Gasteiger partial charge in [-0.15, -0.1) is 11.8 Å². The van der Waals surface area contributed by atoms with Crippen molar-refractivity contribution in [3.63, 3.8) is 0 Å². The highest BCUT2D eigenvalue weighted by molar-refractivity contribution is 8.00. The normalized spacial score (nSPS) is 17.0. The molecule has 1 N–H and O–H groups in total. The van der Waals surface area contributed by atoms with E-state index in [0.29, 0.717) is 17.1 Å². The van der Waals surface area contributed by atoms with Crippen molar-refractivity contribution < 1.29 is 18.0 Å². The molecule has 1 aliphatic heterocycles. The number of alkyl halides is 3. The number of amides is 1. The Morgan fingerprint density at radius 3 is 2.50 bits per heavy atom. The van der Waals surface area contributed by atoms with Gasteiger partial charge in [0, 0.05) is 5.56 Å². The highest BCUT2D eigenvalue weighted by Crippen LogP contribution is 2.47. The average molecular weight is 403 g/mol. The first-order valence-electron chi connectivity index (χ1n) is 8.59. The molecule has 0 radical (unpaired) electrons. The molecule has 0 aliphatic carbocycles. The predicted molar refractivity (Wildman–Crippen MR) is 103 cm³/mol. The molecule has 1 amide bonds. The minimum Gasteiger partial charge on any atom is -0.310 e. The lowest BCUT2D eigenvalue weighted by Crippen LogP contribution is -2.15. The van der Waals surface area contributed by atoms with E-state index in [2.05, 4.69) is 10.4 Å². The fourth-order valence-corrected chi connectivity index (χ4v) is 4.59. The number of fused-ring (bicyclic) bond motifs is 1. The Kier molecular flexibility index (Phi) is 4.66. The molecular formula is C20H16F3N3OS. The Hall–Kier alpha value is -2.74. The molecule has 1 aromatic heterocycles. The molecule has 4 nitrogen and oxygen atoms in total. The van der Waals surface area contributed by atoms with Gasteiger partial charge in [-0.05, 0) is 30.7 Å². The number of benzene rings is 2. The summed E-state index contributed by atoms with van der Waals surface area (Å²) in [6, 6.07) is 14.7. The van der Waals surface area contributed by atoms with E-state index in [-0.39, 0.29) is 17.2 Å². The van der Waals surface area contributed by atoms with Gasteiger partial charge in [0.1, 0.15) is 5.82 Å². The number of carbonyl (C=O) groups is 1. The number of thioether (sulfide) groups is 1. The maximum Gasteiger partial charge on any atom is 0.416 e. The molecule has 144 valence electrons. The number of hydrogen-bond acceptors (Lipinski definition) is 3. The molecule has 3 aromatic rings. The van der Waals surface area contributed by atoms with Crippen LogP contribution in [-0.2, 0) is 11.0 Å². The van der Waals surface area contributed by atoms with Gasteiger partial charge >= 0.3 is 6.18 Å². The second kappa shape index (κ2) is 7.01. The van der Waals surface area contributed by atoms with Gasteiger partial charge in [0.2, 0.25) is 5.91 Å². The Morgan fingerprint density at radius 2 is 1.79 bits per heavy atom. The van der Waals surface area contributed by atoms with Crippen LogP contribution < -0.4 is 5.32 Å². The van der Waals surface area contributed by atoms with E-state index in [0.717, 1.165) is 11.8 Å². The molecule has 0 saturated heterocycles. The number of anilines is 1. The summed E-state index contributed by atoms with van der Waals surface area (Å²) in [4.78, 5) is 12.3. The third-order valence-corrected chi connectivity index (χ3v) is 5.81. The van der Waals surface area contributed by atoms with E-state index in [4.69, 9.17) is 0 Å². The Morgan fingerprint density at radius 1 is 1.11 bits per heavy atom. The third kappa shape index (κ3) is 3.28. The maximum absolute atomic E-state index is 13.6. The van der Waals surface area contributed by atoms with Crippen LogP contribution in [0.1, 0.15) is 27.6 Å². The van der Waals surface area contributed by atoms with E-state index in [1.54, 1.807) is 17.7 Å². The Bertz CT molecular complexity index is 1030. The lowest BCUT2D eigenvalue weighted by molar-refractivity contribution is -0.138. The van der Waals surface area contributed by atoms with Crippen molar-refractivity contribution in [3.8, 4) is 5.69 Å². The lowest BCUT2D eigenvalue weighted by Gasteiger charge is -2.20. The van der Waals surface area contributed by atoms with Crippen molar-refractivity contribution in [1.82, 2.24) is 9.78 Å². The number of hydrogen-bond donors (Lipinski definition) is 1. The van der Waals surface area contributed by atoms with Gasteiger partial charge in [0.05, 0.1) is 27.9 Å². The second-order valence-corrected chi connectivity index (χ2v) is 7.51. The molecular weight excluding hydrogens is 387 g/mol. The largest absolute Gasteiger partial charge is 0.416 e. The Labute approximate surface area is 163 Å². The van der Waals surface area contributed by atoms with E-state index >= 15 is 0 Å². The highest BCUT2D eigenvalue weighted by Gasteiger charge is 2.38. The zero-order valence-corrected chi connectivity index (χ0v) is 15.6. The van der Waals surface area contributed by atoms with Gasteiger partial charge in [-0.25, -0.2) is 4.68 Å². The van der Waals surface area contributed by atoms with Crippen LogP contribution in [0.4, 0.5) is 19.0 Å². The third-order valence-electron chi connectivity index (χ3n) is 4.56. The fraction of sp³-hybridized carbons (Fsp3) is 0.200. The first-order valence-corrected chi connectivity index (χ1v) is 9.63. The van der Waals surface area contributed by atoms with Crippen LogP contribution in [0.25, 0.3) is 5.69 Å². The van der Waals surface area contributed by atoms with Gasteiger partial charge in [-0.2, -0.15) is 18.3 Å². The second-order valence-electron chi connectivity index (χ2n) is 6.42. The minimum atomic E-state index is -4.48. The quantitative estimate of drug-likeness (QED) is 0.657. The molecule has 8 heteroatoms. The van der Waals surface area contributed by atoms with Crippen molar-refractivity contribution in [3.05, 3.63) is 77.0 Å². The topological polar surface area (TPSA) is 46.9 Å². The molecule has 28 heavy (non-hydrogen) atoms. The highest BCUT2D eigenvalue weighted by atomic mass is 32.2. The molecule has 0 spiro atoms. The van der Waals surface area contributed by atoms with E-state index in [1.165, 1.54) is 23.9 Å². The smallest absolute Gasteiger partial charge is 0.310 e. The summed E-state index contributed by atoms with van der Waals surface area (Å²) < 4.78 is 42.4. The number of nitrogens with one attached hydrogen (secondary N) is 1.